The van der Waals surface area contributed by atoms with E-state index >= 15 is 0 Å². The zero-order chi connectivity index (χ0) is 19.9. The third-order valence-electron chi connectivity index (χ3n) is 5.79. The van der Waals surface area contributed by atoms with Crippen molar-refractivity contribution in [2.24, 2.45) is 11.3 Å². The Bertz CT molecular complexity index is 763. The van der Waals surface area contributed by atoms with Crippen LogP contribution in [-0.2, 0) is 23.7 Å². The monoisotopic (exact) mass is 390 g/mol. The molecule has 1 aliphatic rings. The van der Waals surface area contributed by atoms with Gasteiger partial charge in [-0.05, 0) is 42.4 Å². The average Bonchev–Trinajstić information content (AvgIpc) is 3.27. The molecule has 0 aliphatic carbocycles. The largest absolute Gasteiger partial charge is 0.361 e. The lowest BCUT2D eigenvalue weighted by atomic mass is 9.76. The molecule has 1 aliphatic heterocycles. The summed E-state index contributed by atoms with van der Waals surface area (Å²) in [5.74, 6) is 2.53. The normalized spacial score (nSPS) is 19.0. The summed E-state index contributed by atoms with van der Waals surface area (Å²) in [5.41, 5.74) is 1.06. The summed E-state index contributed by atoms with van der Waals surface area (Å²) in [6, 6.07) is 2.07. The predicted octanol–water partition coefficient (Wildman–Crippen LogP) is 4.52. The molecule has 6 heteroatoms. The van der Waals surface area contributed by atoms with Crippen molar-refractivity contribution in [3.8, 4) is 0 Å². The van der Waals surface area contributed by atoms with Crippen LogP contribution >= 0.6 is 11.5 Å². The Morgan fingerprint density at radius 3 is 2.48 bits per heavy atom. The maximum absolute atomic E-state index is 5.59. The summed E-state index contributed by atoms with van der Waals surface area (Å²) in [7, 11) is 0. The first-order valence-electron chi connectivity index (χ1n) is 9.97. The molecule has 150 valence electrons. The van der Waals surface area contributed by atoms with Crippen molar-refractivity contribution in [2.75, 3.05) is 13.1 Å². The molecule has 27 heavy (non-hydrogen) atoms. The van der Waals surface area contributed by atoms with Crippen molar-refractivity contribution in [2.45, 2.75) is 78.6 Å². The van der Waals surface area contributed by atoms with Gasteiger partial charge in [-0.1, -0.05) is 53.6 Å². The van der Waals surface area contributed by atoms with Gasteiger partial charge in [0.05, 0.1) is 5.69 Å². The number of rotatable bonds is 6. The number of nitrogens with zero attached hydrogens (tertiary/aromatic N) is 3. The van der Waals surface area contributed by atoms with E-state index in [1.807, 2.05) is 0 Å². The first kappa shape index (κ1) is 20.5. The van der Waals surface area contributed by atoms with Crippen LogP contribution in [0.4, 0.5) is 0 Å². The number of hydrogen-bond donors (Lipinski definition) is 1. The molecule has 0 aromatic carbocycles. The number of aromatic nitrogens is 3. The Labute approximate surface area is 167 Å². The highest BCUT2D eigenvalue weighted by Gasteiger charge is 2.34. The summed E-state index contributed by atoms with van der Waals surface area (Å²) in [5, 5.41) is 8.87. The molecule has 0 amide bonds. The van der Waals surface area contributed by atoms with E-state index in [-0.39, 0.29) is 16.2 Å². The molecular weight excluding hydrogens is 356 g/mol. The third kappa shape index (κ3) is 4.77. The second-order valence-corrected chi connectivity index (χ2v) is 11.2. The third-order valence-corrected chi connectivity index (χ3v) is 6.50. The fourth-order valence-electron chi connectivity index (χ4n) is 3.72. The van der Waals surface area contributed by atoms with Gasteiger partial charge in [-0.3, -0.25) is 0 Å². The second-order valence-electron chi connectivity index (χ2n) is 10.4. The minimum Gasteiger partial charge on any atom is -0.361 e. The van der Waals surface area contributed by atoms with Crippen molar-refractivity contribution in [1.29, 1.82) is 0 Å². The molecule has 3 rings (SSSR count). The van der Waals surface area contributed by atoms with Gasteiger partial charge in [0, 0.05) is 29.7 Å². The molecule has 2 aromatic heterocycles. The second kappa shape index (κ2) is 7.28. The molecule has 1 N–H and O–H groups in total. The lowest BCUT2D eigenvalue weighted by Crippen LogP contribution is -2.28. The van der Waals surface area contributed by atoms with E-state index in [9.17, 15) is 0 Å². The molecule has 1 atom stereocenters. The minimum absolute atomic E-state index is 0.00137. The summed E-state index contributed by atoms with van der Waals surface area (Å²) in [4.78, 5) is 4.92. The first-order valence-corrected chi connectivity index (χ1v) is 10.7. The molecule has 2 aromatic rings. The van der Waals surface area contributed by atoms with Crippen LogP contribution in [0.1, 0.15) is 77.2 Å². The summed E-state index contributed by atoms with van der Waals surface area (Å²) >= 11 is 1.55. The van der Waals surface area contributed by atoms with E-state index in [1.54, 1.807) is 11.5 Å². The highest BCUT2D eigenvalue weighted by Crippen LogP contribution is 2.36. The maximum Gasteiger partial charge on any atom is 0.148 e. The quantitative estimate of drug-likeness (QED) is 0.785. The minimum atomic E-state index is -0.178. The van der Waals surface area contributed by atoms with Gasteiger partial charge < -0.3 is 9.84 Å². The van der Waals surface area contributed by atoms with Crippen LogP contribution in [0, 0.1) is 11.3 Å². The fourth-order valence-corrected chi connectivity index (χ4v) is 4.77. The zero-order valence-electron chi connectivity index (χ0n) is 17.8. The van der Waals surface area contributed by atoms with Crippen molar-refractivity contribution >= 4 is 11.5 Å². The molecule has 0 bridgehead atoms. The predicted molar refractivity (Wildman–Crippen MR) is 110 cm³/mol. The van der Waals surface area contributed by atoms with E-state index in [1.165, 1.54) is 6.42 Å². The molecule has 0 radical (unpaired) electrons. The van der Waals surface area contributed by atoms with Crippen LogP contribution in [0.2, 0.25) is 0 Å². The van der Waals surface area contributed by atoms with Gasteiger partial charge in [0.15, 0.2) is 0 Å². The van der Waals surface area contributed by atoms with Gasteiger partial charge in [0.25, 0.3) is 0 Å². The van der Waals surface area contributed by atoms with Crippen LogP contribution in [0.15, 0.2) is 10.6 Å². The van der Waals surface area contributed by atoms with Crippen LogP contribution in [0.5, 0.6) is 0 Å². The first-order chi connectivity index (χ1) is 12.5. The van der Waals surface area contributed by atoms with E-state index in [0.29, 0.717) is 5.92 Å². The number of hydrogen-bond acceptors (Lipinski definition) is 6. The Hall–Kier alpha value is -1.27. The Kier molecular flexibility index (Phi) is 5.52. The van der Waals surface area contributed by atoms with Crippen molar-refractivity contribution < 1.29 is 4.52 Å². The van der Waals surface area contributed by atoms with E-state index in [0.717, 1.165) is 48.2 Å². The smallest absolute Gasteiger partial charge is 0.148 e. The molecule has 1 fully saturated rings. The van der Waals surface area contributed by atoms with Gasteiger partial charge >= 0.3 is 0 Å². The molecule has 1 unspecified atom stereocenters. The van der Waals surface area contributed by atoms with Crippen molar-refractivity contribution in [3.63, 3.8) is 0 Å². The molecule has 3 heterocycles. The Morgan fingerprint density at radius 1 is 1.15 bits per heavy atom. The van der Waals surface area contributed by atoms with Crippen molar-refractivity contribution in [1.82, 2.24) is 19.8 Å². The van der Waals surface area contributed by atoms with E-state index in [4.69, 9.17) is 13.9 Å². The Morgan fingerprint density at radius 2 is 1.89 bits per heavy atom. The average molecular weight is 391 g/mol. The summed E-state index contributed by atoms with van der Waals surface area (Å²) in [6.45, 7) is 17.8. The fraction of sp³-hybridized carbons (Fsp3) is 0.762. The highest BCUT2D eigenvalue weighted by atomic mass is 32.1. The van der Waals surface area contributed by atoms with Gasteiger partial charge in [-0.25, -0.2) is 4.98 Å². The van der Waals surface area contributed by atoms with Crippen molar-refractivity contribution in [3.05, 3.63) is 28.4 Å². The van der Waals surface area contributed by atoms with Crippen LogP contribution < -0.4 is 5.32 Å². The standard InChI is InChI=1S/C21H34N4OS/c1-19(2,3)16-10-15(26-24-16)11-21(6,7)18-23-17(27-25-18)12-20(4,5)14-8-9-22-13-14/h10,14,22H,8-9,11-13H2,1-7H3. The van der Waals surface area contributed by atoms with Gasteiger partial charge in [0.1, 0.15) is 16.6 Å². The Balaban J connectivity index is 1.69. The lowest BCUT2D eigenvalue weighted by Gasteiger charge is -2.30. The summed E-state index contributed by atoms with van der Waals surface area (Å²) in [6.07, 6.45) is 3.00. The molecule has 0 saturated carbocycles. The molecule has 5 nitrogen and oxygen atoms in total. The van der Waals surface area contributed by atoms with E-state index < -0.39 is 0 Å². The topological polar surface area (TPSA) is 63.8 Å². The van der Waals surface area contributed by atoms with Crippen LogP contribution in [0.25, 0.3) is 0 Å². The lowest BCUT2D eigenvalue weighted by molar-refractivity contribution is 0.228. The van der Waals surface area contributed by atoms with Gasteiger partial charge in [-0.2, -0.15) is 4.37 Å². The van der Waals surface area contributed by atoms with Gasteiger partial charge in [0.2, 0.25) is 0 Å². The molecule has 0 spiro atoms. The summed E-state index contributed by atoms with van der Waals surface area (Å²) < 4.78 is 10.3. The molecular formula is C21H34N4OS. The highest BCUT2D eigenvalue weighted by molar-refractivity contribution is 7.05. The van der Waals surface area contributed by atoms with E-state index in [2.05, 4.69) is 65.0 Å². The van der Waals surface area contributed by atoms with Gasteiger partial charge in [-0.15, -0.1) is 0 Å². The number of nitrogens with one attached hydrogen (secondary N) is 1. The zero-order valence-corrected chi connectivity index (χ0v) is 18.7. The molecule has 1 saturated heterocycles. The van der Waals surface area contributed by atoms with Crippen LogP contribution in [-0.4, -0.2) is 27.6 Å². The van der Waals surface area contributed by atoms with Crippen LogP contribution in [0.3, 0.4) is 0 Å². The maximum atomic E-state index is 5.59. The SMILES string of the molecule is CC(C)(C)c1cc(CC(C)(C)c2nsc(CC(C)(C)C3CCNC3)n2)on1.